The lowest BCUT2D eigenvalue weighted by Crippen LogP contribution is -2.04. The quantitative estimate of drug-likeness (QED) is 0.681. The summed E-state index contributed by atoms with van der Waals surface area (Å²) in [6.07, 6.45) is 1.67. The van der Waals surface area contributed by atoms with Crippen molar-refractivity contribution in [2.45, 2.75) is 26.8 Å². The van der Waals surface area contributed by atoms with E-state index in [0.29, 0.717) is 0 Å². The lowest BCUT2D eigenvalue weighted by atomic mass is 10.0. The number of hydrogen-bond acceptors (Lipinski definition) is 2. The van der Waals surface area contributed by atoms with Crippen molar-refractivity contribution in [3.8, 4) is 0 Å². The maximum atomic E-state index is 10.8. The molecule has 106 valence electrons. The van der Waals surface area contributed by atoms with Gasteiger partial charge in [0.1, 0.15) is 12.1 Å². The highest BCUT2D eigenvalue weighted by Gasteiger charge is 2.11. The SMILES string of the molecule is CCn1c(Cc2ccc(C=O)cc2C)nc2ccccc21. The number of fused-ring (bicyclic) bond motifs is 1. The van der Waals surface area contributed by atoms with E-state index in [1.807, 2.05) is 43.3 Å². The molecule has 3 aromatic rings. The molecule has 0 saturated carbocycles. The van der Waals surface area contributed by atoms with E-state index in [1.165, 1.54) is 11.1 Å². The predicted octanol–water partition coefficient (Wildman–Crippen LogP) is 3.77. The van der Waals surface area contributed by atoms with Crippen LogP contribution in [-0.4, -0.2) is 15.8 Å². The number of imidazole rings is 1. The van der Waals surface area contributed by atoms with E-state index in [9.17, 15) is 4.79 Å². The topological polar surface area (TPSA) is 34.9 Å². The zero-order chi connectivity index (χ0) is 14.8. The smallest absolute Gasteiger partial charge is 0.150 e. The number of aromatic nitrogens is 2. The fourth-order valence-electron chi connectivity index (χ4n) is 2.77. The molecule has 0 spiro atoms. The highest BCUT2D eigenvalue weighted by Crippen LogP contribution is 2.20. The van der Waals surface area contributed by atoms with Gasteiger partial charge in [-0.2, -0.15) is 0 Å². The average Bonchev–Trinajstić information content (AvgIpc) is 2.86. The summed E-state index contributed by atoms with van der Waals surface area (Å²) in [7, 11) is 0. The van der Waals surface area contributed by atoms with Crippen molar-refractivity contribution < 1.29 is 4.79 Å². The molecule has 0 aliphatic heterocycles. The van der Waals surface area contributed by atoms with Gasteiger partial charge in [0, 0.05) is 18.5 Å². The summed E-state index contributed by atoms with van der Waals surface area (Å²) in [6, 6.07) is 14.0. The Kier molecular flexibility index (Phi) is 3.57. The third kappa shape index (κ3) is 2.47. The second kappa shape index (κ2) is 5.52. The lowest BCUT2D eigenvalue weighted by molar-refractivity contribution is 0.112. The molecule has 0 unspecified atom stereocenters. The number of carbonyl (C=O) groups is 1. The van der Waals surface area contributed by atoms with Crippen LogP contribution in [0.5, 0.6) is 0 Å². The minimum atomic E-state index is 0.722. The molecule has 0 saturated heterocycles. The summed E-state index contributed by atoms with van der Waals surface area (Å²) in [5.41, 5.74) is 5.29. The molecule has 0 N–H and O–H groups in total. The van der Waals surface area contributed by atoms with Crippen molar-refractivity contribution >= 4 is 17.3 Å². The normalized spacial score (nSPS) is 11.0. The van der Waals surface area contributed by atoms with E-state index in [4.69, 9.17) is 4.98 Å². The molecule has 0 bridgehead atoms. The number of aldehydes is 1. The van der Waals surface area contributed by atoms with Gasteiger partial charge in [0.05, 0.1) is 11.0 Å². The molecule has 0 radical (unpaired) electrons. The fourth-order valence-corrected chi connectivity index (χ4v) is 2.77. The Hall–Kier alpha value is -2.42. The third-order valence-corrected chi connectivity index (χ3v) is 3.90. The van der Waals surface area contributed by atoms with Crippen molar-refractivity contribution in [2.75, 3.05) is 0 Å². The Balaban J connectivity index is 2.03. The molecule has 0 aliphatic rings. The van der Waals surface area contributed by atoms with Crippen LogP contribution in [0.1, 0.15) is 34.2 Å². The van der Waals surface area contributed by atoms with Crippen molar-refractivity contribution in [1.82, 2.24) is 9.55 Å². The second-order valence-corrected chi connectivity index (χ2v) is 5.24. The van der Waals surface area contributed by atoms with E-state index in [2.05, 4.69) is 17.6 Å². The third-order valence-electron chi connectivity index (χ3n) is 3.90. The number of hydrogen-bond donors (Lipinski definition) is 0. The lowest BCUT2D eigenvalue weighted by Gasteiger charge is -2.09. The maximum Gasteiger partial charge on any atom is 0.150 e. The minimum Gasteiger partial charge on any atom is -0.328 e. The molecule has 2 aromatic carbocycles. The van der Waals surface area contributed by atoms with Gasteiger partial charge in [0.25, 0.3) is 0 Å². The summed E-state index contributed by atoms with van der Waals surface area (Å²) in [5, 5.41) is 0. The van der Waals surface area contributed by atoms with Crippen molar-refractivity contribution in [3.63, 3.8) is 0 Å². The van der Waals surface area contributed by atoms with Gasteiger partial charge in [-0.1, -0.05) is 24.3 Å². The molecular weight excluding hydrogens is 260 g/mol. The Morgan fingerprint density at radius 3 is 2.71 bits per heavy atom. The molecule has 0 fully saturated rings. The summed E-state index contributed by atoms with van der Waals surface area (Å²) in [4.78, 5) is 15.6. The van der Waals surface area contributed by atoms with E-state index < -0.39 is 0 Å². The van der Waals surface area contributed by atoms with E-state index in [1.54, 1.807) is 0 Å². The summed E-state index contributed by atoms with van der Waals surface area (Å²) in [6.45, 7) is 5.09. The van der Waals surface area contributed by atoms with Gasteiger partial charge in [-0.25, -0.2) is 4.98 Å². The monoisotopic (exact) mass is 278 g/mol. The van der Waals surface area contributed by atoms with Crippen LogP contribution in [0.2, 0.25) is 0 Å². The second-order valence-electron chi connectivity index (χ2n) is 5.24. The zero-order valence-corrected chi connectivity index (χ0v) is 12.3. The summed E-state index contributed by atoms with van der Waals surface area (Å²) in [5.74, 6) is 1.07. The maximum absolute atomic E-state index is 10.8. The van der Waals surface area contributed by atoms with Crippen LogP contribution in [0.25, 0.3) is 11.0 Å². The zero-order valence-electron chi connectivity index (χ0n) is 12.3. The van der Waals surface area contributed by atoms with Gasteiger partial charge in [-0.05, 0) is 43.2 Å². The summed E-state index contributed by atoms with van der Waals surface area (Å²) < 4.78 is 2.25. The molecule has 21 heavy (non-hydrogen) atoms. The largest absolute Gasteiger partial charge is 0.328 e. The van der Waals surface area contributed by atoms with Crippen LogP contribution in [0.3, 0.4) is 0 Å². The van der Waals surface area contributed by atoms with Crippen molar-refractivity contribution in [1.29, 1.82) is 0 Å². The number of nitrogens with zero attached hydrogens (tertiary/aromatic N) is 2. The predicted molar refractivity (Wildman–Crippen MR) is 84.8 cm³/mol. The number of benzene rings is 2. The summed E-state index contributed by atoms with van der Waals surface area (Å²) >= 11 is 0. The molecule has 3 heteroatoms. The van der Waals surface area contributed by atoms with Crippen LogP contribution in [0.15, 0.2) is 42.5 Å². The van der Waals surface area contributed by atoms with Gasteiger partial charge in [-0.15, -0.1) is 0 Å². The first kappa shape index (κ1) is 13.6. The number of para-hydroxylation sites is 2. The molecular formula is C18H18N2O. The first-order chi connectivity index (χ1) is 10.2. The molecule has 3 nitrogen and oxygen atoms in total. The number of carbonyl (C=O) groups excluding carboxylic acids is 1. The van der Waals surface area contributed by atoms with E-state index in [-0.39, 0.29) is 0 Å². The van der Waals surface area contributed by atoms with Crippen LogP contribution >= 0.6 is 0 Å². The Labute approximate surface area is 124 Å². The number of rotatable bonds is 4. The van der Waals surface area contributed by atoms with Crippen molar-refractivity contribution in [3.05, 3.63) is 65.0 Å². The van der Waals surface area contributed by atoms with E-state index >= 15 is 0 Å². The first-order valence-corrected chi connectivity index (χ1v) is 7.21. The van der Waals surface area contributed by atoms with Gasteiger partial charge < -0.3 is 4.57 Å². The molecule has 1 heterocycles. The highest BCUT2D eigenvalue weighted by atomic mass is 16.1. The molecule has 0 atom stereocenters. The van der Waals surface area contributed by atoms with Crippen LogP contribution in [0, 0.1) is 6.92 Å². The highest BCUT2D eigenvalue weighted by molar-refractivity contribution is 5.76. The minimum absolute atomic E-state index is 0.722. The van der Waals surface area contributed by atoms with Gasteiger partial charge in [0.2, 0.25) is 0 Å². The first-order valence-electron chi connectivity index (χ1n) is 7.21. The fraction of sp³-hybridized carbons (Fsp3) is 0.222. The Bertz CT molecular complexity index is 802. The Morgan fingerprint density at radius 1 is 1.19 bits per heavy atom. The van der Waals surface area contributed by atoms with Crippen LogP contribution in [0.4, 0.5) is 0 Å². The van der Waals surface area contributed by atoms with Crippen LogP contribution < -0.4 is 0 Å². The molecule has 0 amide bonds. The number of aryl methyl sites for hydroxylation is 2. The van der Waals surface area contributed by atoms with E-state index in [0.717, 1.165) is 41.7 Å². The van der Waals surface area contributed by atoms with Gasteiger partial charge in [-0.3, -0.25) is 4.79 Å². The molecule has 3 rings (SSSR count). The Morgan fingerprint density at radius 2 is 2.00 bits per heavy atom. The standard InChI is InChI=1S/C18H18N2O/c1-3-20-17-7-5-4-6-16(17)19-18(20)11-15-9-8-14(12-21)10-13(15)2/h4-10,12H,3,11H2,1-2H3. The van der Waals surface area contributed by atoms with Crippen LogP contribution in [-0.2, 0) is 13.0 Å². The van der Waals surface area contributed by atoms with Gasteiger partial charge in [0.15, 0.2) is 0 Å². The van der Waals surface area contributed by atoms with Crippen molar-refractivity contribution in [2.24, 2.45) is 0 Å². The average molecular weight is 278 g/mol. The molecule has 0 aliphatic carbocycles. The van der Waals surface area contributed by atoms with Gasteiger partial charge >= 0.3 is 0 Å². The molecule has 1 aromatic heterocycles.